The van der Waals surface area contributed by atoms with E-state index in [0.29, 0.717) is 30.5 Å². The van der Waals surface area contributed by atoms with Gasteiger partial charge in [-0.05, 0) is 55.0 Å². The molecule has 3 atom stereocenters. The van der Waals surface area contributed by atoms with Crippen molar-refractivity contribution in [3.63, 3.8) is 0 Å². The first kappa shape index (κ1) is 24.6. The number of Topliss-reactive ketones (excluding diaryl/α,β-unsaturated/α-hetero) is 1. The Labute approximate surface area is 206 Å². The molecule has 0 aliphatic carbocycles. The Kier molecular flexibility index (Phi) is 7.34. The molecule has 2 heterocycles. The number of nitrogens with zero attached hydrogens (tertiary/aromatic N) is 2. The van der Waals surface area contributed by atoms with Gasteiger partial charge in [0.25, 0.3) is 11.8 Å². The zero-order valence-corrected chi connectivity index (χ0v) is 20.6. The summed E-state index contributed by atoms with van der Waals surface area (Å²) in [6.45, 7) is 6.42. The summed E-state index contributed by atoms with van der Waals surface area (Å²) in [6.07, 6.45) is 1.89. The van der Waals surface area contributed by atoms with Crippen LogP contribution in [0, 0.1) is 5.92 Å². The number of benzene rings is 2. The molecular weight excluding hydrogens is 442 g/mol. The van der Waals surface area contributed by atoms with E-state index in [9.17, 15) is 19.2 Å². The number of nitrogens with one attached hydrogen (secondary N) is 1. The van der Waals surface area contributed by atoms with Crippen LogP contribution >= 0.6 is 0 Å². The summed E-state index contributed by atoms with van der Waals surface area (Å²) in [5, 5.41) is 2.91. The van der Waals surface area contributed by atoms with Gasteiger partial charge >= 0.3 is 0 Å². The summed E-state index contributed by atoms with van der Waals surface area (Å²) in [4.78, 5) is 55.8. The molecule has 35 heavy (non-hydrogen) atoms. The van der Waals surface area contributed by atoms with Gasteiger partial charge in [-0.2, -0.15) is 0 Å². The zero-order chi connectivity index (χ0) is 25.1. The predicted molar refractivity (Wildman–Crippen MR) is 133 cm³/mol. The van der Waals surface area contributed by atoms with Gasteiger partial charge in [0.05, 0.1) is 12.6 Å². The number of hydrogen-bond acceptors (Lipinski definition) is 4. The van der Waals surface area contributed by atoms with Crippen LogP contribution < -0.4 is 5.32 Å². The molecule has 2 aliphatic heterocycles. The number of fused-ring (bicyclic) bond motifs is 1. The van der Waals surface area contributed by atoms with Crippen LogP contribution in [-0.4, -0.2) is 64.5 Å². The smallest absolute Gasteiger partial charge is 0.254 e. The first-order valence-electron chi connectivity index (χ1n) is 12.4. The van der Waals surface area contributed by atoms with Crippen LogP contribution in [0.3, 0.4) is 0 Å². The van der Waals surface area contributed by atoms with E-state index in [0.717, 1.165) is 12.0 Å². The maximum Gasteiger partial charge on any atom is 0.254 e. The highest BCUT2D eigenvalue weighted by Gasteiger charge is 2.52. The number of rotatable bonds is 7. The summed E-state index contributed by atoms with van der Waals surface area (Å²) in [7, 11) is 0. The summed E-state index contributed by atoms with van der Waals surface area (Å²) in [6, 6.07) is 14.5. The number of carbonyl (C=O) groups is 4. The average molecular weight is 476 g/mol. The highest BCUT2D eigenvalue weighted by atomic mass is 16.2. The molecule has 2 aromatic rings. The minimum Gasteiger partial charge on any atom is -0.340 e. The lowest BCUT2D eigenvalue weighted by Crippen LogP contribution is -2.53. The second kappa shape index (κ2) is 10.4. The van der Waals surface area contributed by atoms with Gasteiger partial charge in [0.1, 0.15) is 12.1 Å². The fourth-order valence-corrected chi connectivity index (χ4v) is 5.11. The van der Waals surface area contributed by atoms with Crippen molar-refractivity contribution in [3.8, 4) is 0 Å². The van der Waals surface area contributed by atoms with Gasteiger partial charge in [-0.15, -0.1) is 0 Å². The Hall–Kier alpha value is -3.48. The molecule has 3 unspecified atom stereocenters. The van der Waals surface area contributed by atoms with E-state index < -0.39 is 12.1 Å². The molecule has 7 nitrogen and oxygen atoms in total. The van der Waals surface area contributed by atoms with Gasteiger partial charge in [0.2, 0.25) is 5.91 Å². The first-order chi connectivity index (χ1) is 16.8. The van der Waals surface area contributed by atoms with Gasteiger partial charge in [-0.3, -0.25) is 19.2 Å². The molecule has 2 fully saturated rings. The normalized spacial score (nSPS) is 20.2. The van der Waals surface area contributed by atoms with Crippen LogP contribution in [0.1, 0.15) is 59.9 Å². The fourth-order valence-electron chi connectivity index (χ4n) is 5.11. The third kappa shape index (κ3) is 5.14. The first-order valence-corrected chi connectivity index (χ1v) is 12.4. The monoisotopic (exact) mass is 475 g/mol. The lowest BCUT2D eigenvalue weighted by molar-refractivity contribution is -0.138. The molecule has 0 bridgehead atoms. The highest BCUT2D eigenvalue weighted by Crippen LogP contribution is 2.31. The molecule has 7 heteroatoms. The van der Waals surface area contributed by atoms with Crippen LogP contribution in [0.2, 0.25) is 0 Å². The second-order valence-corrected chi connectivity index (χ2v) is 9.80. The Morgan fingerprint density at radius 3 is 2.29 bits per heavy atom. The largest absolute Gasteiger partial charge is 0.340 e. The summed E-state index contributed by atoms with van der Waals surface area (Å²) in [5.41, 5.74) is 2.17. The van der Waals surface area contributed by atoms with Crippen molar-refractivity contribution in [1.29, 1.82) is 0 Å². The van der Waals surface area contributed by atoms with E-state index in [2.05, 4.69) is 12.2 Å². The Morgan fingerprint density at radius 2 is 1.66 bits per heavy atom. The minimum atomic E-state index is -0.737. The van der Waals surface area contributed by atoms with Gasteiger partial charge < -0.3 is 15.1 Å². The van der Waals surface area contributed by atoms with Crippen molar-refractivity contribution in [2.24, 2.45) is 5.92 Å². The van der Waals surface area contributed by atoms with Crippen LogP contribution in [0.25, 0.3) is 0 Å². The summed E-state index contributed by atoms with van der Waals surface area (Å²) in [5.74, 6) is -0.716. The molecule has 4 rings (SSSR count). The molecule has 0 saturated carbocycles. The fraction of sp³-hybridized carbons (Fsp3) is 0.429. The van der Waals surface area contributed by atoms with Crippen LogP contribution in [0.4, 0.5) is 0 Å². The molecular formula is C28H33N3O4. The Bertz CT molecular complexity index is 1100. The van der Waals surface area contributed by atoms with E-state index in [-0.39, 0.29) is 42.0 Å². The van der Waals surface area contributed by atoms with E-state index in [4.69, 9.17) is 0 Å². The van der Waals surface area contributed by atoms with Crippen molar-refractivity contribution < 1.29 is 19.2 Å². The van der Waals surface area contributed by atoms with Crippen molar-refractivity contribution in [3.05, 3.63) is 71.3 Å². The average Bonchev–Trinajstić information content (AvgIpc) is 3.44. The molecule has 0 aromatic heterocycles. The molecule has 2 saturated heterocycles. The van der Waals surface area contributed by atoms with E-state index in [1.54, 1.807) is 46.2 Å². The van der Waals surface area contributed by atoms with Gasteiger partial charge in [-0.1, -0.05) is 51.1 Å². The van der Waals surface area contributed by atoms with Gasteiger partial charge in [0, 0.05) is 17.7 Å². The van der Waals surface area contributed by atoms with E-state index in [1.807, 2.05) is 32.0 Å². The number of hydrogen-bond donors (Lipinski definition) is 1. The van der Waals surface area contributed by atoms with Crippen LogP contribution in [0.5, 0.6) is 0 Å². The number of aryl methyl sites for hydroxylation is 1. The zero-order valence-electron chi connectivity index (χ0n) is 20.6. The molecule has 2 aliphatic rings. The van der Waals surface area contributed by atoms with Crippen molar-refractivity contribution in [1.82, 2.24) is 15.1 Å². The van der Waals surface area contributed by atoms with Gasteiger partial charge in [-0.25, -0.2) is 0 Å². The summed E-state index contributed by atoms with van der Waals surface area (Å²) < 4.78 is 0. The predicted octanol–water partition coefficient (Wildman–Crippen LogP) is 3.09. The van der Waals surface area contributed by atoms with Crippen LogP contribution in [0.15, 0.2) is 54.6 Å². The Morgan fingerprint density at radius 1 is 0.971 bits per heavy atom. The maximum absolute atomic E-state index is 13.6. The highest BCUT2D eigenvalue weighted by molar-refractivity contribution is 6.03. The Balaban J connectivity index is 1.50. The third-order valence-electron chi connectivity index (χ3n) is 6.92. The number of amides is 3. The van der Waals surface area contributed by atoms with Crippen molar-refractivity contribution in [2.75, 3.05) is 13.1 Å². The molecule has 184 valence electrons. The van der Waals surface area contributed by atoms with Crippen LogP contribution in [-0.2, 0) is 16.0 Å². The maximum atomic E-state index is 13.6. The number of likely N-dealkylation sites (tertiary alicyclic amines) is 2. The van der Waals surface area contributed by atoms with E-state index >= 15 is 0 Å². The lowest BCUT2D eigenvalue weighted by Gasteiger charge is -2.29. The molecule has 0 spiro atoms. The molecule has 1 N–H and O–H groups in total. The van der Waals surface area contributed by atoms with Gasteiger partial charge in [0.15, 0.2) is 5.78 Å². The topological polar surface area (TPSA) is 86.8 Å². The molecule has 0 radical (unpaired) electrons. The quantitative estimate of drug-likeness (QED) is 0.667. The van der Waals surface area contributed by atoms with Crippen molar-refractivity contribution >= 4 is 23.5 Å². The lowest BCUT2D eigenvalue weighted by atomic mass is 10.0. The third-order valence-corrected chi connectivity index (χ3v) is 6.92. The summed E-state index contributed by atoms with van der Waals surface area (Å²) >= 11 is 0. The standard InChI is InChI=1S/C28H33N3O4/c1-4-19-10-12-20(13-11-19)26(33)29-22(16-18(2)3)28(35)30-15-14-23-25(30)24(32)17-31(23)27(34)21-8-6-5-7-9-21/h5-13,18,22-23,25H,4,14-17H2,1-3H3,(H,29,33). The second-order valence-electron chi connectivity index (χ2n) is 9.80. The number of ketones is 1. The number of carbonyl (C=O) groups excluding carboxylic acids is 4. The molecule has 3 amide bonds. The van der Waals surface area contributed by atoms with E-state index in [1.165, 1.54) is 0 Å². The SMILES string of the molecule is CCc1ccc(C(=O)NC(CC(C)C)C(=O)N2CCC3C2C(=O)CN3C(=O)c2ccccc2)cc1. The molecule has 2 aromatic carbocycles. The van der Waals surface area contributed by atoms with Crippen molar-refractivity contribution in [2.45, 2.75) is 58.2 Å². The minimum absolute atomic E-state index is 0.00216.